The van der Waals surface area contributed by atoms with Gasteiger partial charge in [0.05, 0.1) is 5.60 Å². The van der Waals surface area contributed by atoms with Crippen molar-refractivity contribution in [3.05, 3.63) is 29.3 Å². The van der Waals surface area contributed by atoms with Crippen LogP contribution in [0.25, 0.3) is 0 Å². The average molecular weight is 248 g/mol. The van der Waals surface area contributed by atoms with E-state index in [0.29, 0.717) is 12.8 Å². The van der Waals surface area contributed by atoms with Crippen LogP contribution in [0.5, 0.6) is 0 Å². The normalized spacial score (nSPS) is 18.5. The van der Waals surface area contributed by atoms with E-state index in [2.05, 4.69) is 0 Å². The Morgan fingerprint density at radius 1 is 1.25 bits per heavy atom. The van der Waals surface area contributed by atoms with Gasteiger partial charge in [0.25, 0.3) is 0 Å². The monoisotopic (exact) mass is 248 g/mol. The fourth-order valence-electron chi connectivity index (χ4n) is 1.57. The molecule has 0 atom stereocenters. The summed E-state index contributed by atoms with van der Waals surface area (Å²) in [5, 5.41) is 9.64. The molecule has 1 saturated carbocycles. The zero-order chi connectivity index (χ0) is 12.1. The number of benzene rings is 1. The van der Waals surface area contributed by atoms with Crippen LogP contribution in [-0.4, -0.2) is 19.8 Å². The van der Waals surface area contributed by atoms with Crippen LogP contribution < -0.4 is 0 Å². The Kier molecular flexibility index (Phi) is 2.32. The molecule has 0 radical (unpaired) electrons. The molecule has 1 aliphatic carbocycles. The maximum atomic E-state index is 13.5. The molecular weight excluding hydrogens is 238 g/mol. The Morgan fingerprint density at radius 2 is 1.81 bits per heavy atom. The van der Waals surface area contributed by atoms with Gasteiger partial charge in [-0.3, -0.25) is 0 Å². The summed E-state index contributed by atoms with van der Waals surface area (Å²) in [6, 6.07) is 2.11. The summed E-state index contributed by atoms with van der Waals surface area (Å²) >= 11 is 0. The van der Waals surface area contributed by atoms with Crippen molar-refractivity contribution in [1.29, 1.82) is 0 Å². The van der Waals surface area contributed by atoms with Gasteiger partial charge in [-0.15, -0.1) is 0 Å². The van der Waals surface area contributed by atoms with Crippen LogP contribution in [0, 0.1) is 11.6 Å². The summed E-state index contributed by atoms with van der Waals surface area (Å²) in [5.74, 6) is -2.69. The van der Waals surface area contributed by atoms with Crippen LogP contribution in [-0.2, 0) is 15.4 Å². The van der Waals surface area contributed by atoms with Crippen molar-refractivity contribution in [2.45, 2.75) is 23.3 Å². The molecule has 88 valence electrons. The first kappa shape index (κ1) is 11.5. The molecule has 0 bridgehead atoms. The van der Waals surface area contributed by atoms with Gasteiger partial charge in [-0.05, 0) is 18.9 Å². The largest absolute Gasteiger partial charge is 0.385 e. The number of hydrogen-bond acceptors (Lipinski definition) is 3. The van der Waals surface area contributed by atoms with E-state index in [9.17, 15) is 22.3 Å². The maximum Gasteiger partial charge on any atom is 0.178 e. The van der Waals surface area contributed by atoms with Crippen LogP contribution in [0.1, 0.15) is 18.4 Å². The van der Waals surface area contributed by atoms with Crippen molar-refractivity contribution in [3.8, 4) is 0 Å². The molecule has 1 aromatic rings. The van der Waals surface area contributed by atoms with E-state index in [1.54, 1.807) is 0 Å². The molecule has 0 heterocycles. The van der Waals surface area contributed by atoms with E-state index >= 15 is 0 Å². The average Bonchev–Trinajstić information content (AvgIpc) is 2.87. The van der Waals surface area contributed by atoms with E-state index < -0.39 is 32.0 Å². The molecule has 0 spiro atoms. The molecule has 2 rings (SSSR count). The van der Waals surface area contributed by atoms with Gasteiger partial charge in [-0.1, -0.05) is 6.07 Å². The van der Waals surface area contributed by atoms with Crippen LogP contribution >= 0.6 is 0 Å². The first-order valence-electron chi connectivity index (χ1n) is 4.67. The summed E-state index contributed by atoms with van der Waals surface area (Å²) in [6.07, 6.45) is 1.53. The van der Waals surface area contributed by atoms with Gasteiger partial charge in [0.15, 0.2) is 21.5 Å². The van der Waals surface area contributed by atoms with Crippen molar-refractivity contribution >= 4 is 9.84 Å². The summed E-state index contributed by atoms with van der Waals surface area (Å²) in [4.78, 5) is -0.682. The lowest BCUT2D eigenvalue weighted by Gasteiger charge is -2.11. The highest BCUT2D eigenvalue weighted by Crippen LogP contribution is 2.46. The summed E-state index contributed by atoms with van der Waals surface area (Å²) in [5.41, 5.74) is -1.49. The smallest absolute Gasteiger partial charge is 0.178 e. The van der Waals surface area contributed by atoms with E-state index in [1.165, 1.54) is 0 Å². The fourth-order valence-corrected chi connectivity index (χ4v) is 2.30. The lowest BCUT2D eigenvalue weighted by atomic mass is 10.1. The molecule has 0 aliphatic heterocycles. The summed E-state index contributed by atoms with van der Waals surface area (Å²) < 4.78 is 49.2. The number of rotatable bonds is 2. The maximum absolute atomic E-state index is 13.5. The Morgan fingerprint density at radius 3 is 2.25 bits per heavy atom. The minimum absolute atomic E-state index is 0.169. The Hall–Kier alpha value is -1.01. The van der Waals surface area contributed by atoms with Crippen LogP contribution in [0.3, 0.4) is 0 Å². The van der Waals surface area contributed by atoms with Gasteiger partial charge in [0, 0.05) is 11.8 Å². The molecule has 6 heteroatoms. The fraction of sp³-hybridized carbons (Fsp3) is 0.400. The topological polar surface area (TPSA) is 54.4 Å². The van der Waals surface area contributed by atoms with Gasteiger partial charge < -0.3 is 5.11 Å². The summed E-state index contributed by atoms with van der Waals surface area (Å²) in [7, 11) is -3.79. The highest BCUT2D eigenvalue weighted by Gasteiger charge is 2.45. The number of hydrogen-bond donors (Lipinski definition) is 1. The number of halogens is 2. The lowest BCUT2D eigenvalue weighted by Crippen LogP contribution is -2.12. The SMILES string of the molecule is CS(=O)(=O)c1ccc(C2(O)CC2)c(F)c1F. The second-order valence-electron chi connectivity index (χ2n) is 4.04. The quantitative estimate of drug-likeness (QED) is 0.859. The zero-order valence-electron chi connectivity index (χ0n) is 8.50. The molecule has 1 fully saturated rings. The second-order valence-corrected chi connectivity index (χ2v) is 6.03. The second kappa shape index (κ2) is 3.24. The molecule has 0 unspecified atom stereocenters. The Balaban J connectivity index is 2.62. The minimum atomic E-state index is -3.79. The van der Waals surface area contributed by atoms with E-state index in [1.807, 2.05) is 0 Å². The zero-order valence-corrected chi connectivity index (χ0v) is 9.31. The van der Waals surface area contributed by atoms with Gasteiger partial charge in [0.2, 0.25) is 0 Å². The third-order valence-electron chi connectivity index (χ3n) is 2.67. The highest BCUT2D eigenvalue weighted by molar-refractivity contribution is 7.90. The number of sulfone groups is 1. The Bertz CT molecular complexity index is 547. The predicted octanol–water partition coefficient (Wildman–Crippen LogP) is 1.35. The molecule has 0 aromatic heterocycles. The van der Waals surface area contributed by atoms with Crippen molar-refractivity contribution in [3.63, 3.8) is 0 Å². The van der Waals surface area contributed by atoms with Gasteiger partial charge >= 0.3 is 0 Å². The van der Waals surface area contributed by atoms with E-state index in [4.69, 9.17) is 0 Å². The molecular formula is C10H10F2O3S. The van der Waals surface area contributed by atoms with Gasteiger partial charge in [-0.25, -0.2) is 17.2 Å². The minimum Gasteiger partial charge on any atom is -0.385 e. The first-order chi connectivity index (χ1) is 7.26. The van der Waals surface area contributed by atoms with Crippen LogP contribution in [0.2, 0.25) is 0 Å². The number of aliphatic hydroxyl groups is 1. The summed E-state index contributed by atoms with van der Waals surface area (Å²) in [6.45, 7) is 0. The predicted molar refractivity (Wildman–Crippen MR) is 52.6 cm³/mol. The lowest BCUT2D eigenvalue weighted by molar-refractivity contribution is 0.145. The van der Waals surface area contributed by atoms with Crippen molar-refractivity contribution in [2.75, 3.05) is 6.26 Å². The molecule has 3 nitrogen and oxygen atoms in total. The van der Waals surface area contributed by atoms with Crippen molar-refractivity contribution in [1.82, 2.24) is 0 Å². The van der Waals surface area contributed by atoms with Crippen molar-refractivity contribution < 1.29 is 22.3 Å². The highest BCUT2D eigenvalue weighted by atomic mass is 32.2. The standard InChI is InChI=1S/C10H10F2O3S/c1-16(14,15)7-3-2-6(8(11)9(7)12)10(13)4-5-10/h2-3,13H,4-5H2,1H3. The molecule has 1 aromatic carbocycles. The third kappa shape index (κ3) is 1.72. The van der Waals surface area contributed by atoms with Crippen LogP contribution in [0.15, 0.2) is 17.0 Å². The van der Waals surface area contributed by atoms with Crippen LogP contribution in [0.4, 0.5) is 8.78 Å². The van der Waals surface area contributed by atoms with E-state index in [0.717, 1.165) is 18.4 Å². The van der Waals surface area contributed by atoms with Gasteiger partial charge in [-0.2, -0.15) is 0 Å². The Labute approximate surface area is 91.6 Å². The molecule has 1 N–H and O–H groups in total. The molecule has 0 saturated heterocycles. The molecule has 0 amide bonds. The first-order valence-corrected chi connectivity index (χ1v) is 6.56. The van der Waals surface area contributed by atoms with Crippen molar-refractivity contribution in [2.24, 2.45) is 0 Å². The van der Waals surface area contributed by atoms with Gasteiger partial charge in [0.1, 0.15) is 4.90 Å². The van der Waals surface area contributed by atoms with E-state index in [-0.39, 0.29) is 5.56 Å². The third-order valence-corrected chi connectivity index (χ3v) is 3.79. The molecule has 1 aliphatic rings. The molecule has 16 heavy (non-hydrogen) atoms.